The second-order valence-electron chi connectivity index (χ2n) is 5.55. The number of carbonyl (C=O) groups is 1. The summed E-state index contributed by atoms with van der Waals surface area (Å²) in [5.41, 5.74) is 0. The normalized spacial score (nSPS) is 24.3. The average molecular weight is 306 g/mol. The second-order valence-corrected chi connectivity index (χ2v) is 5.55. The van der Waals surface area contributed by atoms with Gasteiger partial charge in [0.2, 0.25) is 17.7 Å². The van der Waals surface area contributed by atoms with Crippen LogP contribution in [0.4, 0.5) is 5.95 Å². The summed E-state index contributed by atoms with van der Waals surface area (Å²) in [4.78, 5) is 25.0. The first-order chi connectivity index (χ1) is 10.7. The number of hydrogen-bond acceptors (Lipinski definition) is 6. The Hall–Kier alpha value is -1.89. The van der Waals surface area contributed by atoms with E-state index in [-0.39, 0.29) is 17.9 Å². The maximum absolute atomic E-state index is 12.4. The molecule has 1 aliphatic heterocycles. The first kappa shape index (κ1) is 15.0. The minimum Gasteiger partial charge on any atom is -0.481 e. The van der Waals surface area contributed by atoms with Crippen molar-refractivity contribution in [3.63, 3.8) is 0 Å². The van der Waals surface area contributed by atoms with E-state index in [2.05, 4.69) is 14.9 Å². The number of piperazine rings is 1. The molecule has 120 valence electrons. The maximum Gasteiger partial charge on any atom is 0.228 e. The Morgan fingerprint density at radius 1 is 1.36 bits per heavy atom. The number of ether oxygens (including phenoxy) is 2. The molecule has 7 nitrogen and oxygen atoms in total. The van der Waals surface area contributed by atoms with E-state index in [9.17, 15) is 4.79 Å². The van der Waals surface area contributed by atoms with Gasteiger partial charge in [-0.2, -0.15) is 4.98 Å². The van der Waals surface area contributed by atoms with Gasteiger partial charge in [0.05, 0.1) is 19.1 Å². The molecule has 0 aromatic carbocycles. The first-order valence-electron chi connectivity index (χ1n) is 7.75. The van der Waals surface area contributed by atoms with E-state index in [1.807, 2.05) is 11.8 Å². The van der Waals surface area contributed by atoms with Crippen molar-refractivity contribution in [1.29, 1.82) is 0 Å². The summed E-state index contributed by atoms with van der Waals surface area (Å²) in [5, 5.41) is 0. The highest BCUT2D eigenvalue weighted by Crippen LogP contribution is 2.35. The number of aromatic nitrogens is 2. The van der Waals surface area contributed by atoms with E-state index in [4.69, 9.17) is 9.47 Å². The van der Waals surface area contributed by atoms with E-state index >= 15 is 0 Å². The topological polar surface area (TPSA) is 67.8 Å². The number of nitrogens with zero attached hydrogens (tertiary/aromatic N) is 4. The molecule has 1 saturated carbocycles. The smallest absolute Gasteiger partial charge is 0.228 e. The lowest BCUT2D eigenvalue weighted by Gasteiger charge is -2.34. The van der Waals surface area contributed by atoms with Crippen LogP contribution in [0.15, 0.2) is 12.3 Å². The van der Waals surface area contributed by atoms with Crippen LogP contribution in [0, 0.1) is 5.92 Å². The van der Waals surface area contributed by atoms with Gasteiger partial charge in [-0.25, -0.2) is 4.98 Å². The van der Waals surface area contributed by atoms with Gasteiger partial charge in [0, 0.05) is 45.0 Å². The van der Waals surface area contributed by atoms with Crippen LogP contribution in [0.3, 0.4) is 0 Å². The van der Waals surface area contributed by atoms with Gasteiger partial charge in [0.1, 0.15) is 0 Å². The van der Waals surface area contributed by atoms with Crippen molar-refractivity contribution >= 4 is 11.9 Å². The Morgan fingerprint density at radius 2 is 2.14 bits per heavy atom. The molecule has 2 heterocycles. The Balaban J connectivity index is 1.53. The third-order valence-corrected chi connectivity index (χ3v) is 4.13. The third-order valence-electron chi connectivity index (χ3n) is 4.13. The Morgan fingerprint density at radius 3 is 2.82 bits per heavy atom. The van der Waals surface area contributed by atoms with Gasteiger partial charge in [-0.15, -0.1) is 0 Å². The highest BCUT2D eigenvalue weighted by atomic mass is 16.5. The van der Waals surface area contributed by atoms with Crippen LogP contribution in [-0.2, 0) is 9.53 Å². The van der Waals surface area contributed by atoms with Crippen molar-refractivity contribution in [3.8, 4) is 5.88 Å². The zero-order valence-corrected chi connectivity index (χ0v) is 13.1. The fourth-order valence-corrected chi connectivity index (χ4v) is 2.79. The number of rotatable bonds is 5. The van der Waals surface area contributed by atoms with Gasteiger partial charge in [-0.1, -0.05) is 0 Å². The number of methoxy groups -OCH3 is 1. The molecule has 22 heavy (non-hydrogen) atoms. The van der Waals surface area contributed by atoms with Crippen LogP contribution in [0.1, 0.15) is 13.3 Å². The molecule has 2 aliphatic rings. The number of carbonyl (C=O) groups excluding carboxylic acids is 1. The number of amides is 1. The maximum atomic E-state index is 12.4. The Labute approximate surface area is 130 Å². The van der Waals surface area contributed by atoms with Gasteiger partial charge in [-0.3, -0.25) is 4.79 Å². The monoisotopic (exact) mass is 306 g/mol. The predicted molar refractivity (Wildman–Crippen MR) is 80.9 cm³/mol. The molecule has 1 amide bonds. The van der Waals surface area contributed by atoms with Crippen molar-refractivity contribution < 1.29 is 14.3 Å². The summed E-state index contributed by atoms with van der Waals surface area (Å²) in [6, 6.07) is 1.73. The lowest BCUT2D eigenvalue weighted by atomic mass is 10.2. The number of anilines is 1. The summed E-state index contributed by atoms with van der Waals surface area (Å²) in [5.74, 6) is 1.51. The third kappa shape index (κ3) is 3.14. The molecule has 1 saturated heterocycles. The zero-order valence-electron chi connectivity index (χ0n) is 13.1. The first-order valence-corrected chi connectivity index (χ1v) is 7.75. The summed E-state index contributed by atoms with van der Waals surface area (Å²) in [6.45, 7) is 5.53. The van der Waals surface area contributed by atoms with Crippen LogP contribution in [-0.4, -0.2) is 66.8 Å². The Kier molecular flexibility index (Phi) is 4.42. The van der Waals surface area contributed by atoms with E-state index in [1.54, 1.807) is 19.4 Å². The molecule has 2 atom stereocenters. The fraction of sp³-hybridized carbons (Fsp3) is 0.667. The molecule has 1 aromatic heterocycles. The van der Waals surface area contributed by atoms with Crippen LogP contribution < -0.4 is 9.64 Å². The van der Waals surface area contributed by atoms with Gasteiger partial charge in [-0.05, 0) is 13.3 Å². The molecule has 2 fully saturated rings. The van der Waals surface area contributed by atoms with Gasteiger partial charge < -0.3 is 19.3 Å². The summed E-state index contributed by atoms with van der Waals surface area (Å²) in [6.07, 6.45) is 2.69. The minimum atomic E-state index is 0.0690. The van der Waals surface area contributed by atoms with Crippen LogP contribution in [0.25, 0.3) is 0 Å². The molecule has 3 rings (SSSR count). The predicted octanol–water partition coefficient (Wildman–Crippen LogP) is 0.559. The highest BCUT2D eigenvalue weighted by Gasteiger charge is 2.46. The van der Waals surface area contributed by atoms with Crippen molar-refractivity contribution in [1.82, 2.24) is 14.9 Å². The molecule has 1 aliphatic carbocycles. The lowest BCUT2D eigenvalue weighted by molar-refractivity contribution is -0.133. The standard InChI is InChI=1S/C15H22N4O3/c1-3-22-12-10-11(12)14(20)18-6-8-19(9-7-18)15-16-5-4-13(17-15)21-2/h4-5,11-12H,3,6-10H2,1-2H3/t11-,12-/m1/s1. The highest BCUT2D eigenvalue weighted by molar-refractivity contribution is 5.82. The average Bonchev–Trinajstić information content (AvgIpc) is 3.34. The van der Waals surface area contributed by atoms with Crippen molar-refractivity contribution in [2.75, 3.05) is 44.8 Å². The van der Waals surface area contributed by atoms with E-state index in [1.165, 1.54) is 0 Å². The molecule has 0 unspecified atom stereocenters. The van der Waals surface area contributed by atoms with Crippen LogP contribution >= 0.6 is 0 Å². The molecule has 7 heteroatoms. The quantitative estimate of drug-likeness (QED) is 0.792. The molecular formula is C15H22N4O3. The molecule has 0 radical (unpaired) electrons. The van der Waals surface area contributed by atoms with E-state index < -0.39 is 0 Å². The van der Waals surface area contributed by atoms with Crippen LogP contribution in [0.5, 0.6) is 5.88 Å². The van der Waals surface area contributed by atoms with Crippen LogP contribution in [0.2, 0.25) is 0 Å². The fourth-order valence-electron chi connectivity index (χ4n) is 2.79. The molecule has 1 aromatic rings. The summed E-state index contributed by atoms with van der Waals surface area (Å²) >= 11 is 0. The number of hydrogen-bond donors (Lipinski definition) is 0. The largest absolute Gasteiger partial charge is 0.481 e. The molecular weight excluding hydrogens is 284 g/mol. The van der Waals surface area contributed by atoms with Gasteiger partial charge in [0.25, 0.3) is 0 Å². The zero-order chi connectivity index (χ0) is 15.5. The summed E-state index contributed by atoms with van der Waals surface area (Å²) in [7, 11) is 1.59. The van der Waals surface area contributed by atoms with Crippen molar-refractivity contribution in [2.45, 2.75) is 19.4 Å². The van der Waals surface area contributed by atoms with Crippen molar-refractivity contribution in [3.05, 3.63) is 12.3 Å². The molecule has 0 spiro atoms. The van der Waals surface area contributed by atoms with E-state index in [0.29, 0.717) is 31.5 Å². The van der Waals surface area contributed by atoms with Crippen molar-refractivity contribution in [2.24, 2.45) is 5.92 Å². The SMILES string of the molecule is CCO[C@@H]1C[C@H]1C(=O)N1CCN(c2nccc(OC)n2)CC1. The summed E-state index contributed by atoms with van der Waals surface area (Å²) < 4.78 is 10.6. The van der Waals surface area contributed by atoms with Gasteiger partial charge in [0.15, 0.2) is 0 Å². The molecule has 0 N–H and O–H groups in total. The molecule has 0 bridgehead atoms. The Bertz CT molecular complexity index is 531. The second kappa shape index (κ2) is 6.48. The van der Waals surface area contributed by atoms with E-state index in [0.717, 1.165) is 19.5 Å². The lowest BCUT2D eigenvalue weighted by Crippen LogP contribution is -2.50. The van der Waals surface area contributed by atoms with Gasteiger partial charge >= 0.3 is 0 Å². The minimum absolute atomic E-state index is 0.0690.